The molecule has 3 rings (SSSR count). The minimum Gasteiger partial charge on any atom is -0.354 e. The molecule has 2 heterocycles. The van der Waals surface area contributed by atoms with Crippen LogP contribution in [0.5, 0.6) is 0 Å². The van der Waals surface area contributed by atoms with E-state index in [1.165, 1.54) is 11.6 Å². The molecule has 1 aromatic carbocycles. The normalized spacial score (nSPS) is 11.9. The number of halogens is 3. The van der Waals surface area contributed by atoms with Crippen molar-refractivity contribution < 1.29 is 13.2 Å². The molecule has 0 saturated carbocycles. The molecular weight excluding hydrogens is 319 g/mol. The number of rotatable bonds is 4. The van der Waals surface area contributed by atoms with Crippen molar-refractivity contribution in [1.82, 2.24) is 19.8 Å². The Hall–Kier alpha value is -2.64. The number of nitrogens with zero attached hydrogens (tertiary/aromatic N) is 5. The Morgan fingerprint density at radius 3 is 2.29 bits per heavy atom. The van der Waals surface area contributed by atoms with Gasteiger partial charge in [0.1, 0.15) is 5.82 Å². The maximum atomic E-state index is 12.9. The molecule has 8 heteroatoms. The fraction of sp³-hybridized carbons (Fsp3) is 0.312. The molecule has 2 aromatic heterocycles. The molecule has 3 aromatic rings. The Morgan fingerprint density at radius 2 is 1.67 bits per heavy atom. The minimum absolute atomic E-state index is 0.0618. The lowest BCUT2D eigenvalue weighted by Crippen LogP contribution is -2.20. The van der Waals surface area contributed by atoms with E-state index in [0.29, 0.717) is 12.4 Å². The van der Waals surface area contributed by atoms with Crippen LogP contribution in [0.3, 0.4) is 0 Å². The van der Waals surface area contributed by atoms with Crippen molar-refractivity contribution in [3.05, 3.63) is 53.3 Å². The fourth-order valence-electron chi connectivity index (χ4n) is 2.39. The molecule has 0 radical (unpaired) electrons. The van der Waals surface area contributed by atoms with Gasteiger partial charge in [-0.2, -0.15) is 17.7 Å². The van der Waals surface area contributed by atoms with Crippen LogP contribution in [0.1, 0.15) is 23.9 Å². The van der Waals surface area contributed by atoms with Crippen molar-refractivity contribution in [3.63, 3.8) is 0 Å². The lowest BCUT2D eigenvalue weighted by atomic mass is 10.1. The van der Waals surface area contributed by atoms with E-state index in [-0.39, 0.29) is 5.65 Å². The number of anilines is 1. The Balaban J connectivity index is 1.87. The lowest BCUT2D eigenvalue weighted by Gasteiger charge is -2.18. The van der Waals surface area contributed by atoms with Gasteiger partial charge < -0.3 is 4.90 Å². The Kier molecular flexibility index (Phi) is 4.13. The molecule has 0 bridgehead atoms. The van der Waals surface area contributed by atoms with Crippen molar-refractivity contribution in [1.29, 1.82) is 0 Å². The summed E-state index contributed by atoms with van der Waals surface area (Å²) in [6.45, 7) is 2.61. The van der Waals surface area contributed by atoms with Gasteiger partial charge in [-0.25, -0.2) is 0 Å². The predicted molar refractivity (Wildman–Crippen MR) is 83.7 cm³/mol. The molecule has 0 fully saturated rings. The van der Waals surface area contributed by atoms with Crippen LogP contribution in [0, 0.1) is 0 Å². The topological polar surface area (TPSA) is 46.3 Å². The molecule has 0 aliphatic heterocycles. The number of hydrogen-bond acceptors (Lipinski definition) is 4. The van der Waals surface area contributed by atoms with Crippen LogP contribution in [0.15, 0.2) is 36.4 Å². The second-order valence-electron chi connectivity index (χ2n) is 5.51. The van der Waals surface area contributed by atoms with Crippen LogP contribution >= 0.6 is 0 Å². The first-order valence-corrected chi connectivity index (χ1v) is 7.47. The number of benzene rings is 1. The average Bonchev–Trinajstić information content (AvgIpc) is 2.98. The van der Waals surface area contributed by atoms with E-state index in [0.717, 1.165) is 16.5 Å². The maximum absolute atomic E-state index is 12.9. The Bertz CT molecular complexity index is 839. The van der Waals surface area contributed by atoms with E-state index in [1.54, 1.807) is 18.0 Å². The zero-order valence-corrected chi connectivity index (χ0v) is 13.2. The molecule has 0 aliphatic carbocycles. The molecule has 0 spiro atoms. The summed E-state index contributed by atoms with van der Waals surface area (Å²) >= 11 is 0. The summed E-state index contributed by atoms with van der Waals surface area (Å²) in [7, 11) is 1.78. The number of aromatic nitrogens is 4. The van der Waals surface area contributed by atoms with Gasteiger partial charge in [-0.15, -0.1) is 15.3 Å². The maximum Gasteiger partial charge on any atom is 0.453 e. The largest absolute Gasteiger partial charge is 0.453 e. The van der Waals surface area contributed by atoms with E-state index >= 15 is 0 Å². The number of fused-ring (bicyclic) bond motifs is 1. The van der Waals surface area contributed by atoms with Crippen LogP contribution in [-0.4, -0.2) is 26.9 Å². The second-order valence-corrected chi connectivity index (χ2v) is 5.51. The summed E-state index contributed by atoms with van der Waals surface area (Å²) in [4.78, 5) is 1.78. The smallest absolute Gasteiger partial charge is 0.354 e. The van der Waals surface area contributed by atoms with Crippen molar-refractivity contribution in [3.8, 4) is 0 Å². The van der Waals surface area contributed by atoms with Gasteiger partial charge in [0.05, 0.1) is 0 Å². The van der Waals surface area contributed by atoms with Gasteiger partial charge in [-0.05, 0) is 29.7 Å². The van der Waals surface area contributed by atoms with Gasteiger partial charge >= 0.3 is 6.18 Å². The highest BCUT2D eigenvalue weighted by molar-refractivity contribution is 5.46. The van der Waals surface area contributed by atoms with Gasteiger partial charge in [0.25, 0.3) is 5.82 Å². The van der Waals surface area contributed by atoms with Crippen LogP contribution in [-0.2, 0) is 19.1 Å². The number of aryl methyl sites for hydroxylation is 1. The molecule has 0 amide bonds. The van der Waals surface area contributed by atoms with Crippen molar-refractivity contribution in [2.75, 3.05) is 11.9 Å². The molecule has 0 unspecified atom stereocenters. The third-order valence-corrected chi connectivity index (χ3v) is 3.74. The highest BCUT2D eigenvalue weighted by Crippen LogP contribution is 2.28. The minimum atomic E-state index is -4.60. The molecule has 126 valence electrons. The van der Waals surface area contributed by atoms with Gasteiger partial charge in [0.15, 0.2) is 5.65 Å². The molecule has 0 aliphatic rings. The van der Waals surface area contributed by atoms with Crippen molar-refractivity contribution in [2.45, 2.75) is 26.1 Å². The van der Waals surface area contributed by atoms with E-state index in [1.807, 2.05) is 24.3 Å². The zero-order valence-electron chi connectivity index (χ0n) is 13.2. The molecule has 5 nitrogen and oxygen atoms in total. The summed E-state index contributed by atoms with van der Waals surface area (Å²) in [6.07, 6.45) is -3.64. The monoisotopic (exact) mass is 335 g/mol. The second kappa shape index (κ2) is 6.10. The first-order valence-electron chi connectivity index (χ1n) is 7.47. The van der Waals surface area contributed by atoms with Gasteiger partial charge in [-0.3, -0.25) is 0 Å². The van der Waals surface area contributed by atoms with Crippen LogP contribution in [0.2, 0.25) is 0 Å². The first kappa shape index (κ1) is 16.2. The predicted octanol–water partition coefficient (Wildman–Crippen LogP) is 3.34. The average molecular weight is 335 g/mol. The fourth-order valence-corrected chi connectivity index (χ4v) is 2.39. The summed E-state index contributed by atoms with van der Waals surface area (Å²) in [5.41, 5.74) is 2.35. The van der Waals surface area contributed by atoms with Crippen molar-refractivity contribution >= 4 is 11.5 Å². The molecule has 0 N–H and O–H groups in total. The molecule has 0 atom stereocenters. The first-order chi connectivity index (χ1) is 11.4. The quantitative estimate of drug-likeness (QED) is 0.734. The summed E-state index contributed by atoms with van der Waals surface area (Å²) in [5.74, 6) is -0.715. The highest BCUT2D eigenvalue weighted by Gasteiger charge is 2.37. The van der Waals surface area contributed by atoms with Crippen LogP contribution in [0.25, 0.3) is 5.65 Å². The zero-order chi connectivity index (χ0) is 17.3. The lowest BCUT2D eigenvalue weighted by molar-refractivity contribution is -0.146. The SMILES string of the molecule is CCc1ccc(CN(C)c2ccc3nnc(C(F)(F)F)n3n2)cc1. The van der Waals surface area contributed by atoms with Gasteiger partial charge in [0, 0.05) is 13.6 Å². The van der Waals surface area contributed by atoms with E-state index in [4.69, 9.17) is 0 Å². The van der Waals surface area contributed by atoms with Crippen LogP contribution in [0.4, 0.5) is 19.0 Å². The Labute approximate surface area is 136 Å². The molecule has 24 heavy (non-hydrogen) atoms. The number of alkyl halides is 3. The standard InChI is InChI=1S/C16H16F3N5/c1-3-11-4-6-12(7-5-11)10-23(2)14-9-8-13-20-21-15(16(17,18)19)24(13)22-14/h4-9H,3,10H2,1-2H3. The van der Waals surface area contributed by atoms with Crippen molar-refractivity contribution in [2.24, 2.45) is 0 Å². The van der Waals surface area contributed by atoms with E-state index in [2.05, 4.69) is 22.2 Å². The summed E-state index contributed by atoms with van der Waals surface area (Å²) < 4.78 is 39.5. The highest BCUT2D eigenvalue weighted by atomic mass is 19.4. The van der Waals surface area contributed by atoms with Crippen LogP contribution < -0.4 is 4.90 Å². The summed E-state index contributed by atoms with van der Waals surface area (Å²) in [6, 6.07) is 11.2. The third-order valence-electron chi connectivity index (χ3n) is 3.74. The van der Waals surface area contributed by atoms with Gasteiger partial charge in [-0.1, -0.05) is 31.2 Å². The van der Waals surface area contributed by atoms with Gasteiger partial charge in [0.2, 0.25) is 0 Å². The number of hydrogen-bond donors (Lipinski definition) is 0. The van der Waals surface area contributed by atoms with E-state index < -0.39 is 12.0 Å². The summed E-state index contributed by atoms with van der Waals surface area (Å²) in [5, 5.41) is 10.7. The molecule has 0 saturated heterocycles. The molecular formula is C16H16F3N5. The van der Waals surface area contributed by atoms with E-state index in [9.17, 15) is 13.2 Å². The Morgan fingerprint density at radius 1 is 1.00 bits per heavy atom. The third kappa shape index (κ3) is 3.17.